The lowest BCUT2D eigenvalue weighted by molar-refractivity contribution is 0.284. The normalized spacial score (nSPS) is 11.5. The Morgan fingerprint density at radius 1 is 1.02 bits per heavy atom. The largest absolute Gasteiger partial charge is 0.494 e. The molecule has 0 aliphatic rings. The molecule has 0 spiro atoms. The van der Waals surface area contributed by atoms with Crippen LogP contribution in [0, 0.1) is 6.92 Å². The summed E-state index contributed by atoms with van der Waals surface area (Å²) in [5, 5.41) is 6.37. The Morgan fingerprint density at radius 2 is 1.78 bits per heavy atom. The van der Waals surface area contributed by atoms with Gasteiger partial charge in [0.2, 0.25) is 0 Å². The molecule has 7 nitrogen and oxygen atoms in total. The lowest BCUT2D eigenvalue weighted by Crippen LogP contribution is -2.21. The molecule has 0 aliphatic heterocycles. The fourth-order valence-electron chi connectivity index (χ4n) is 4.97. The molecule has 0 unspecified atom stereocenters. The number of methoxy groups -OCH3 is 1. The Hall–Kier alpha value is -3.56. The van der Waals surface area contributed by atoms with E-state index in [0.717, 1.165) is 28.0 Å². The van der Waals surface area contributed by atoms with E-state index in [-0.39, 0.29) is 23.1 Å². The molecule has 0 atom stereocenters. The highest BCUT2D eigenvalue weighted by atomic mass is 79.9. The Labute approximate surface area is 290 Å². The molecule has 1 aromatic heterocycles. The van der Waals surface area contributed by atoms with Gasteiger partial charge in [-0.2, -0.15) is 9.78 Å². The first-order valence-electron chi connectivity index (χ1n) is 14.5. The van der Waals surface area contributed by atoms with Crippen LogP contribution in [0.5, 0.6) is 17.2 Å². The highest BCUT2D eigenvalue weighted by Gasteiger charge is 2.20. The predicted molar refractivity (Wildman–Crippen MR) is 191 cm³/mol. The average Bonchev–Trinajstić information content (AvgIpc) is 3.02. The summed E-state index contributed by atoms with van der Waals surface area (Å²) in [6.45, 7) is 8.80. The summed E-state index contributed by atoms with van der Waals surface area (Å²) in [6.07, 6.45) is 1.53. The van der Waals surface area contributed by atoms with Gasteiger partial charge in [0.25, 0.3) is 5.56 Å². The Bertz CT molecular complexity index is 2030. The van der Waals surface area contributed by atoms with Gasteiger partial charge in [-0.25, -0.2) is 4.98 Å². The molecule has 0 amide bonds. The molecule has 1 heterocycles. The zero-order valence-electron chi connectivity index (χ0n) is 25.8. The van der Waals surface area contributed by atoms with Gasteiger partial charge < -0.3 is 14.2 Å². The van der Waals surface area contributed by atoms with Gasteiger partial charge in [0.15, 0.2) is 17.3 Å². The molecular weight excluding hydrogens is 713 g/mol. The van der Waals surface area contributed by atoms with Crippen molar-refractivity contribution in [1.82, 2.24) is 9.66 Å². The first-order chi connectivity index (χ1) is 22.0. The third-order valence-corrected chi connectivity index (χ3v) is 9.38. The topological polar surface area (TPSA) is 74.9 Å². The molecule has 0 fully saturated rings. The van der Waals surface area contributed by atoms with Gasteiger partial charge in [-0.05, 0) is 89.3 Å². The van der Waals surface area contributed by atoms with Crippen LogP contribution in [0.4, 0.5) is 0 Å². The summed E-state index contributed by atoms with van der Waals surface area (Å²) in [5.41, 5.74) is 4.21. The van der Waals surface area contributed by atoms with Crippen LogP contribution in [0.1, 0.15) is 48.9 Å². The van der Waals surface area contributed by atoms with E-state index in [1.807, 2.05) is 38.1 Å². The minimum Gasteiger partial charge on any atom is -0.494 e. The fraction of sp³-hybridized carbons (Fsp3) is 0.229. The van der Waals surface area contributed by atoms with Gasteiger partial charge in [0, 0.05) is 31.2 Å². The summed E-state index contributed by atoms with van der Waals surface area (Å²) >= 11 is 22.7. The van der Waals surface area contributed by atoms with E-state index < -0.39 is 0 Å². The third-order valence-electron chi connectivity index (χ3n) is 7.35. The number of fused-ring (bicyclic) bond motifs is 1. The van der Waals surface area contributed by atoms with E-state index in [2.05, 4.69) is 34.9 Å². The Morgan fingerprint density at radius 3 is 2.48 bits per heavy atom. The molecule has 4 aromatic carbocycles. The number of aryl methyl sites for hydroxylation is 1. The number of halogens is 4. The highest BCUT2D eigenvalue weighted by Crippen LogP contribution is 2.43. The molecule has 0 saturated carbocycles. The predicted octanol–water partition coefficient (Wildman–Crippen LogP) is 10.1. The quantitative estimate of drug-likeness (QED) is 0.133. The summed E-state index contributed by atoms with van der Waals surface area (Å²) in [7, 11) is 1.51. The lowest BCUT2D eigenvalue weighted by atomic mass is 9.96. The molecule has 5 aromatic rings. The van der Waals surface area contributed by atoms with Crippen LogP contribution in [0.15, 0.2) is 75.0 Å². The van der Waals surface area contributed by atoms with E-state index in [1.54, 1.807) is 36.4 Å². The second-order valence-corrected chi connectivity index (χ2v) is 12.8. The second kappa shape index (κ2) is 14.5. The second-order valence-electron chi connectivity index (χ2n) is 10.8. The van der Waals surface area contributed by atoms with Gasteiger partial charge in [-0.15, -0.1) is 0 Å². The maximum Gasteiger partial charge on any atom is 0.282 e. The van der Waals surface area contributed by atoms with Gasteiger partial charge in [-0.1, -0.05) is 66.8 Å². The highest BCUT2D eigenvalue weighted by molar-refractivity contribution is 9.10. The van der Waals surface area contributed by atoms with Crippen molar-refractivity contribution in [3.8, 4) is 28.6 Å². The Kier molecular flexibility index (Phi) is 10.6. The summed E-state index contributed by atoms with van der Waals surface area (Å²) in [6, 6.07) is 18.1. The number of aromatic nitrogens is 2. The van der Waals surface area contributed by atoms with Crippen molar-refractivity contribution < 1.29 is 14.2 Å². The zero-order chi connectivity index (χ0) is 33.1. The third kappa shape index (κ3) is 6.91. The van der Waals surface area contributed by atoms with Crippen molar-refractivity contribution in [3.63, 3.8) is 0 Å². The Balaban J connectivity index is 1.61. The van der Waals surface area contributed by atoms with Crippen LogP contribution >= 0.6 is 50.7 Å². The van der Waals surface area contributed by atoms with E-state index in [4.69, 9.17) is 54.0 Å². The summed E-state index contributed by atoms with van der Waals surface area (Å²) < 4.78 is 19.4. The maximum absolute atomic E-state index is 13.9. The van der Waals surface area contributed by atoms with E-state index in [0.29, 0.717) is 54.9 Å². The molecule has 0 aliphatic carbocycles. The molecule has 0 N–H and O–H groups in total. The van der Waals surface area contributed by atoms with E-state index >= 15 is 0 Å². The van der Waals surface area contributed by atoms with Crippen LogP contribution in [-0.2, 0) is 6.61 Å². The molecule has 11 heteroatoms. The molecule has 0 saturated heterocycles. The van der Waals surface area contributed by atoms with Crippen molar-refractivity contribution in [1.29, 1.82) is 0 Å². The molecule has 46 heavy (non-hydrogen) atoms. The first-order valence-corrected chi connectivity index (χ1v) is 16.4. The molecule has 0 bridgehead atoms. The number of hydrogen-bond acceptors (Lipinski definition) is 6. The lowest BCUT2D eigenvalue weighted by Gasteiger charge is -2.18. The summed E-state index contributed by atoms with van der Waals surface area (Å²) in [4.78, 5) is 18.8. The minimum atomic E-state index is -0.315. The van der Waals surface area contributed by atoms with E-state index in [1.165, 1.54) is 18.0 Å². The van der Waals surface area contributed by atoms with Crippen LogP contribution in [-0.4, -0.2) is 29.6 Å². The number of para-hydroxylation sites is 1. The molecule has 0 radical (unpaired) electrons. The van der Waals surface area contributed by atoms with Crippen LogP contribution in [0.2, 0.25) is 15.1 Å². The molecular formula is C35H31BrCl3N3O4. The average molecular weight is 744 g/mol. The van der Waals surface area contributed by atoms with Gasteiger partial charge >= 0.3 is 0 Å². The standard InChI is InChI=1S/C35H31BrCl3N3O4/c1-6-45-29-13-20(4)26(16-25(29)19(2)3)34-41-28-10-8-7-9-24(28)35(43)42(34)40-17-22-14-30(44-5)33(32(39)31(22)36)46-18-21-11-12-23(37)15-27(21)38/h7-17,19H,6,18H2,1-5H3. The van der Waals surface area contributed by atoms with Crippen molar-refractivity contribution in [2.45, 2.75) is 40.2 Å². The molecule has 238 valence electrons. The minimum absolute atomic E-state index is 0.132. The van der Waals surface area contributed by atoms with E-state index in [9.17, 15) is 4.79 Å². The number of benzene rings is 4. The maximum atomic E-state index is 13.9. The van der Waals surface area contributed by atoms with Crippen molar-refractivity contribution in [3.05, 3.63) is 113 Å². The van der Waals surface area contributed by atoms with Crippen LogP contribution < -0.4 is 19.8 Å². The number of hydrogen-bond donors (Lipinski definition) is 0. The van der Waals surface area contributed by atoms with Crippen molar-refractivity contribution in [2.75, 3.05) is 13.7 Å². The summed E-state index contributed by atoms with van der Waals surface area (Å²) in [5.74, 6) is 2.07. The van der Waals surface area contributed by atoms with Gasteiger partial charge in [0.1, 0.15) is 17.4 Å². The van der Waals surface area contributed by atoms with Crippen molar-refractivity contribution in [2.24, 2.45) is 5.10 Å². The first kappa shape index (κ1) is 33.8. The van der Waals surface area contributed by atoms with Crippen LogP contribution in [0.25, 0.3) is 22.3 Å². The van der Waals surface area contributed by atoms with Gasteiger partial charge in [0.05, 0.1) is 30.8 Å². The smallest absolute Gasteiger partial charge is 0.282 e. The zero-order valence-corrected chi connectivity index (χ0v) is 29.7. The number of rotatable bonds is 10. The SMILES string of the molecule is CCOc1cc(C)c(-c2nc3ccccc3c(=O)n2N=Cc2cc(OC)c(OCc3ccc(Cl)cc3Cl)c(Cl)c2Br)cc1C(C)C. The molecule has 5 rings (SSSR count). The number of nitrogens with zero attached hydrogens (tertiary/aromatic N) is 3. The fourth-order valence-corrected chi connectivity index (χ4v) is 6.09. The monoisotopic (exact) mass is 741 g/mol. The van der Waals surface area contributed by atoms with Gasteiger partial charge in [-0.3, -0.25) is 4.79 Å². The van der Waals surface area contributed by atoms with Crippen molar-refractivity contribution >= 4 is 67.9 Å². The van der Waals surface area contributed by atoms with Crippen LogP contribution in [0.3, 0.4) is 0 Å². The number of ether oxygens (including phenoxy) is 3.